The van der Waals surface area contributed by atoms with Crippen molar-refractivity contribution in [2.75, 3.05) is 0 Å². The molecule has 2 fully saturated rings. The van der Waals surface area contributed by atoms with Crippen molar-refractivity contribution in [3.63, 3.8) is 0 Å². The van der Waals surface area contributed by atoms with Gasteiger partial charge in [-0.15, -0.1) is 11.8 Å². The van der Waals surface area contributed by atoms with E-state index >= 15 is 0 Å². The van der Waals surface area contributed by atoms with Crippen LogP contribution in [-0.2, 0) is 0 Å². The summed E-state index contributed by atoms with van der Waals surface area (Å²) in [6.07, 6.45) is 3.78. The molecule has 148 valence electrons. The Kier molecular flexibility index (Phi) is 3.83. The first-order valence-corrected chi connectivity index (χ1v) is 11.5. The molecule has 0 unspecified atom stereocenters. The third-order valence-corrected chi connectivity index (χ3v) is 9.39. The Morgan fingerprint density at radius 1 is 1.14 bits per heavy atom. The van der Waals surface area contributed by atoms with Crippen LogP contribution in [0.2, 0.25) is 0 Å². The molecule has 1 aliphatic heterocycles. The number of furan rings is 1. The van der Waals surface area contributed by atoms with Gasteiger partial charge >= 0.3 is 4.87 Å². The van der Waals surface area contributed by atoms with Crippen LogP contribution in [-0.4, -0.2) is 15.2 Å². The molecular formula is C21H18N2O4S2. The van der Waals surface area contributed by atoms with Crippen molar-refractivity contribution in [1.82, 2.24) is 4.98 Å². The molecular weight excluding hydrogens is 408 g/mol. The minimum Gasteiger partial charge on any atom is -0.460 e. The molecule has 1 N–H and O–H groups in total. The number of benzene rings is 1. The lowest BCUT2D eigenvalue weighted by molar-refractivity contribution is -0.384. The second-order valence-corrected chi connectivity index (χ2v) is 10.4. The van der Waals surface area contributed by atoms with Crippen LogP contribution in [0.3, 0.4) is 0 Å². The predicted octanol–water partition coefficient (Wildman–Crippen LogP) is 5.26. The van der Waals surface area contributed by atoms with Crippen LogP contribution in [0.25, 0.3) is 11.3 Å². The van der Waals surface area contributed by atoms with Gasteiger partial charge in [-0.25, -0.2) is 0 Å². The van der Waals surface area contributed by atoms with Crippen LogP contribution in [0.5, 0.6) is 0 Å². The first kappa shape index (κ1) is 17.5. The SMILES string of the molecule is O=c1[nH]c2c(s1)[C@@H](c1ccc(-c3ccccc3[N+](=O)[O-])o1)[C@H]1[C@H]3CC[C@@H](C3)[C@H]1S2. The fourth-order valence-corrected chi connectivity index (χ4v) is 8.55. The van der Waals surface area contributed by atoms with Gasteiger partial charge in [0.15, 0.2) is 0 Å². The Morgan fingerprint density at radius 3 is 2.83 bits per heavy atom. The number of aromatic nitrogens is 1. The van der Waals surface area contributed by atoms with Gasteiger partial charge in [0.2, 0.25) is 0 Å². The summed E-state index contributed by atoms with van der Waals surface area (Å²) in [5.41, 5.74) is 0.526. The first-order valence-electron chi connectivity index (χ1n) is 9.83. The van der Waals surface area contributed by atoms with E-state index < -0.39 is 0 Å². The van der Waals surface area contributed by atoms with E-state index in [0.29, 0.717) is 34.3 Å². The van der Waals surface area contributed by atoms with E-state index in [1.54, 1.807) is 18.2 Å². The Balaban J connectivity index is 1.47. The molecule has 0 radical (unpaired) electrons. The first-order chi connectivity index (χ1) is 14.1. The van der Waals surface area contributed by atoms with Crippen molar-refractivity contribution in [3.05, 3.63) is 66.8 Å². The summed E-state index contributed by atoms with van der Waals surface area (Å²) in [5, 5.41) is 12.9. The van der Waals surface area contributed by atoms with Gasteiger partial charge in [-0.3, -0.25) is 14.9 Å². The molecule has 8 heteroatoms. The van der Waals surface area contributed by atoms with E-state index in [-0.39, 0.29) is 21.4 Å². The quantitative estimate of drug-likeness (QED) is 0.456. The number of thioether (sulfide) groups is 1. The average Bonchev–Trinajstić information content (AvgIpc) is 3.49. The molecule has 2 saturated carbocycles. The molecule has 0 saturated heterocycles. The highest BCUT2D eigenvalue weighted by molar-refractivity contribution is 8.00. The second-order valence-electron chi connectivity index (χ2n) is 8.15. The van der Waals surface area contributed by atoms with E-state index in [2.05, 4.69) is 4.98 Å². The molecule has 2 aliphatic carbocycles. The highest BCUT2D eigenvalue weighted by Gasteiger charge is 2.55. The van der Waals surface area contributed by atoms with Crippen LogP contribution >= 0.6 is 23.1 Å². The Bertz CT molecular complexity index is 1180. The van der Waals surface area contributed by atoms with Crippen LogP contribution in [0.1, 0.15) is 35.8 Å². The zero-order valence-corrected chi connectivity index (χ0v) is 17.0. The number of nitrogens with zero attached hydrogens (tertiary/aromatic N) is 1. The van der Waals surface area contributed by atoms with Crippen molar-refractivity contribution in [2.45, 2.75) is 35.5 Å². The number of thiazole rings is 1. The molecule has 2 bridgehead atoms. The lowest BCUT2D eigenvalue weighted by Crippen LogP contribution is -2.33. The van der Waals surface area contributed by atoms with Crippen molar-refractivity contribution < 1.29 is 9.34 Å². The molecule has 3 aliphatic rings. The standard InChI is InChI=1S/C21H18N2O4S2/c24-21-22-20-19(29-21)17(16-10-5-6-11(9-10)18(16)28-20)15-8-7-14(27-15)12-3-1-2-4-13(12)23(25)26/h1-4,7-8,10-11,16-18H,5-6,9H2,(H,22,24)/t10-,11-,16+,17-,18+/m0/s1. The Morgan fingerprint density at radius 2 is 1.97 bits per heavy atom. The molecule has 3 heterocycles. The maximum absolute atomic E-state index is 12.1. The summed E-state index contributed by atoms with van der Waals surface area (Å²) in [7, 11) is 0. The largest absolute Gasteiger partial charge is 0.460 e. The number of nitrogens with one attached hydrogen (secondary N) is 1. The second kappa shape index (κ2) is 6.34. The number of nitro groups is 1. The minimum absolute atomic E-state index is 0.0229. The molecule has 29 heavy (non-hydrogen) atoms. The van der Waals surface area contributed by atoms with Crippen LogP contribution in [0, 0.1) is 27.9 Å². The number of hydrogen-bond donors (Lipinski definition) is 1. The number of rotatable bonds is 3. The molecule has 0 spiro atoms. The fraction of sp³-hybridized carbons (Fsp3) is 0.381. The van der Waals surface area contributed by atoms with Gasteiger partial charge < -0.3 is 9.40 Å². The van der Waals surface area contributed by atoms with Crippen LogP contribution in [0.15, 0.2) is 50.6 Å². The minimum atomic E-state index is -0.378. The normalized spacial score (nSPS) is 29.6. The number of para-hydroxylation sites is 1. The average molecular weight is 427 g/mol. The van der Waals surface area contributed by atoms with E-state index in [1.807, 2.05) is 23.9 Å². The summed E-state index contributed by atoms with van der Waals surface area (Å²) in [6, 6.07) is 10.4. The monoisotopic (exact) mass is 426 g/mol. The number of nitro benzene ring substituents is 1. The number of fused-ring (bicyclic) bond motifs is 6. The lowest BCUT2D eigenvalue weighted by atomic mass is 9.77. The topological polar surface area (TPSA) is 89.1 Å². The van der Waals surface area contributed by atoms with Gasteiger partial charge in [-0.2, -0.15) is 0 Å². The van der Waals surface area contributed by atoms with Crippen molar-refractivity contribution in [1.29, 1.82) is 0 Å². The van der Waals surface area contributed by atoms with E-state index in [0.717, 1.165) is 15.7 Å². The van der Waals surface area contributed by atoms with Gasteiger partial charge in [0, 0.05) is 11.3 Å². The van der Waals surface area contributed by atoms with Crippen LogP contribution in [0.4, 0.5) is 5.69 Å². The molecule has 3 aromatic rings. The maximum Gasteiger partial charge on any atom is 0.305 e. The van der Waals surface area contributed by atoms with Crippen molar-refractivity contribution in [3.8, 4) is 11.3 Å². The van der Waals surface area contributed by atoms with Crippen molar-refractivity contribution >= 4 is 28.8 Å². The summed E-state index contributed by atoms with van der Waals surface area (Å²) in [6.45, 7) is 0. The highest BCUT2D eigenvalue weighted by atomic mass is 32.2. The summed E-state index contributed by atoms with van der Waals surface area (Å²) in [4.78, 5) is 27.2. The summed E-state index contributed by atoms with van der Waals surface area (Å²) in [5.74, 6) is 3.20. The third-order valence-electron chi connectivity index (χ3n) is 6.76. The number of hydrogen-bond acceptors (Lipinski definition) is 6. The fourth-order valence-electron chi connectivity index (χ4n) is 5.67. The number of aromatic amines is 1. The predicted molar refractivity (Wildman–Crippen MR) is 112 cm³/mol. The Hall–Kier alpha value is -2.32. The highest BCUT2D eigenvalue weighted by Crippen LogP contribution is 2.63. The van der Waals surface area contributed by atoms with Gasteiger partial charge in [-0.05, 0) is 55.2 Å². The summed E-state index contributed by atoms with van der Waals surface area (Å²) >= 11 is 3.13. The zero-order valence-electron chi connectivity index (χ0n) is 15.4. The molecule has 1 aromatic carbocycles. The maximum atomic E-state index is 12.1. The molecule has 6 nitrogen and oxygen atoms in total. The zero-order chi connectivity index (χ0) is 19.7. The van der Waals surface area contributed by atoms with E-state index in [9.17, 15) is 14.9 Å². The molecule has 6 rings (SSSR count). The molecule has 2 aromatic heterocycles. The van der Waals surface area contributed by atoms with E-state index in [4.69, 9.17) is 4.42 Å². The molecule has 5 atom stereocenters. The smallest absolute Gasteiger partial charge is 0.305 e. The summed E-state index contributed by atoms with van der Waals surface area (Å²) < 4.78 is 6.26. The van der Waals surface area contributed by atoms with Gasteiger partial charge in [0.25, 0.3) is 5.69 Å². The Labute approximate surface area is 174 Å². The lowest BCUT2D eigenvalue weighted by Gasteiger charge is -2.38. The number of H-pyrrole nitrogens is 1. The van der Waals surface area contributed by atoms with Gasteiger partial charge in [0.1, 0.15) is 11.5 Å². The van der Waals surface area contributed by atoms with Crippen LogP contribution < -0.4 is 4.87 Å². The third kappa shape index (κ3) is 2.58. The van der Waals surface area contributed by atoms with Gasteiger partial charge in [0.05, 0.1) is 26.3 Å². The van der Waals surface area contributed by atoms with Crippen molar-refractivity contribution in [2.24, 2.45) is 17.8 Å². The van der Waals surface area contributed by atoms with E-state index in [1.165, 1.54) is 36.7 Å². The molecule has 0 amide bonds. The van der Waals surface area contributed by atoms with Gasteiger partial charge in [-0.1, -0.05) is 23.5 Å².